The first-order chi connectivity index (χ1) is 12.1. The van der Waals surface area contributed by atoms with Crippen molar-refractivity contribution in [1.82, 2.24) is 4.90 Å². The van der Waals surface area contributed by atoms with Crippen LogP contribution in [0.4, 0.5) is 5.69 Å². The predicted molar refractivity (Wildman–Crippen MR) is 96.6 cm³/mol. The third kappa shape index (κ3) is 3.82. The number of nitrogens with one attached hydrogen (secondary N) is 1. The molecule has 2 amide bonds. The van der Waals surface area contributed by atoms with Crippen molar-refractivity contribution in [2.45, 2.75) is 32.9 Å². The lowest BCUT2D eigenvalue weighted by Crippen LogP contribution is -2.38. The number of nitrogens with zero attached hydrogens (tertiary/aromatic N) is 1. The number of ether oxygens (including phenoxy) is 1. The van der Waals surface area contributed by atoms with Crippen LogP contribution in [-0.2, 0) is 11.3 Å². The molecule has 1 aliphatic heterocycles. The molecule has 1 heterocycles. The summed E-state index contributed by atoms with van der Waals surface area (Å²) in [6.07, 6.45) is 0.864. The lowest BCUT2D eigenvalue weighted by Gasteiger charge is -2.29. The monoisotopic (exact) mass is 338 g/mol. The molecule has 130 valence electrons. The summed E-state index contributed by atoms with van der Waals surface area (Å²) in [6, 6.07) is 15.2. The molecule has 0 aromatic heterocycles. The quantitative estimate of drug-likeness (QED) is 0.908. The van der Waals surface area contributed by atoms with Crippen molar-refractivity contribution in [1.29, 1.82) is 0 Å². The molecule has 5 nitrogen and oxygen atoms in total. The molecule has 1 aliphatic rings. The van der Waals surface area contributed by atoms with E-state index in [2.05, 4.69) is 12.2 Å². The van der Waals surface area contributed by atoms with Crippen LogP contribution in [0.15, 0.2) is 48.5 Å². The molecule has 25 heavy (non-hydrogen) atoms. The highest BCUT2D eigenvalue weighted by atomic mass is 16.5. The molecular formula is C20H22N2O3. The topological polar surface area (TPSA) is 58.6 Å². The van der Waals surface area contributed by atoms with Crippen LogP contribution in [-0.4, -0.2) is 29.4 Å². The van der Waals surface area contributed by atoms with Crippen LogP contribution in [0, 0.1) is 0 Å². The van der Waals surface area contributed by atoms with Gasteiger partial charge in [0.15, 0.2) is 6.61 Å². The van der Waals surface area contributed by atoms with E-state index in [4.69, 9.17) is 4.74 Å². The summed E-state index contributed by atoms with van der Waals surface area (Å²) >= 11 is 0. The fourth-order valence-electron chi connectivity index (χ4n) is 2.81. The smallest absolute Gasteiger partial charge is 0.262 e. The highest BCUT2D eigenvalue weighted by molar-refractivity contribution is 6.00. The average molecular weight is 338 g/mol. The zero-order valence-corrected chi connectivity index (χ0v) is 14.5. The summed E-state index contributed by atoms with van der Waals surface area (Å²) in [4.78, 5) is 26.5. The highest BCUT2D eigenvalue weighted by Gasteiger charge is 2.23. The number of anilines is 1. The standard InChI is InChI=1S/C20H22N2O3/c1-3-14(2)22(12-15-7-5-4-6-8-15)20(24)16-9-10-18-17(11-16)21-19(23)13-25-18/h4-11,14H,3,12-13H2,1-2H3,(H,21,23). The number of fused-ring (bicyclic) bond motifs is 1. The van der Waals surface area contributed by atoms with Gasteiger partial charge >= 0.3 is 0 Å². The number of hydrogen-bond donors (Lipinski definition) is 1. The van der Waals surface area contributed by atoms with Crippen molar-refractivity contribution in [2.24, 2.45) is 0 Å². The average Bonchev–Trinajstić information content (AvgIpc) is 2.65. The summed E-state index contributed by atoms with van der Waals surface area (Å²) in [7, 11) is 0. The summed E-state index contributed by atoms with van der Waals surface area (Å²) in [5, 5.41) is 2.75. The van der Waals surface area contributed by atoms with E-state index in [1.165, 1.54) is 0 Å². The Kier molecular flexibility index (Phi) is 5.03. The van der Waals surface area contributed by atoms with Crippen molar-refractivity contribution >= 4 is 17.5 Å². The van der Waals surface area contributed by atoms with E-state index in [-0.39, 0.29) is 24.5 Å². The largest absolute Gasteiger partial charge is 0.482 e. The third-order valence-corrected chi connectivity index (χ3v) is 4.44. The lowest BCUT2D eigenvalue weighted by atomic mass is 10.1. The van der Waals surface area contributed by atoms with Gasteiger partial charge in [0.2, 0.25) is 0 Å². The second-order valence-corrected chi connectivity index (χ2v) is 6.22. The number of carbonyl (C=O) groups excluding carboxylic acids is 2. The fourth-order valence-corrected chi connectivity index (χ4v) is 2.81. The van der Waals surface area contributed by atoms with Gasteiger partial charge in [-0.1, -0.05) is 37.3 Å². The van der Waals surface area contributed by atoms with Gasteiger partial charge in [0.05, 0.1) is 5.69 Å². The molecule has 0 fully saturated rings. The van der Waals surface area contributed by atoms with Crippen molar-refractivity contribution in [3.8, 4) is 5.75 Å². The van der Waals surface area contributed by atoms with E-state index in [0.717, 1.165) is 12.0 Å². The van der Waals surface area contributed by atoms with Crippen LogP contribution >= 0.6 is 0 Å². The van der Waals surface area contributed by atoms with Gasteiger partial charge in [0.25, 0.3) is 11.8 Å². The Morgan fingerprint density at radius 1 is 1.24 bits per heavy atom. The second kappa shape index (κ2) is 7.38. The Labute approximate surface area is 147 Å². The van der Waals surface area contributed by atoms with Gasteiger partial charge in [0.1, 0.15) is 5.75 Å². The lowest BCUT2D eigenvalue weighted by molar-refractivity contribution is -0.118. The molecule has 0 saturated carbocycles. The van der Waals surface area contributed by atoms with Gasteiger partial charge in [-0.05, 0) is 37.1 Å². The van der Waals surface area contributed by atoms with Crippen molar-refractivity contribution in [3.05, 3.63) is 59.7 Å². The number of carbonyl (C=O) groups is 2. The fraction of sp³-hybridized carbons (Fsp3) is 0.300. The number of amides is 2. The van der Waals surface area contributed by atoms with Crippen molar-refractivity contribution < 1.29 is 14.3 Å². The zero-order valence-electron chi connectivity index (χ0n) is 14.5. The van der Waals surface area contributed by atoms with E-state index in [9.17, 15) is 9.59 Å². The van der Waals surface area contributed by atoms with E-state index >= 15 is 0 Å². The van der Waals surface area contributed by atoms with Crippen LogP contribution in [0.3, 0.4) is 0 Å². The molecule has 0 radical (unpaired) electrons. The maximum atomic E-state index is 13.1. The van der Waals surface area contributed by atoms with Gasteiger partial charge < -0.3 is 15.0 Å². The molecule has 2 aromatic rings. The van der Waals surface area contributed by atoms with Crippen LogP contribution in [0.2, 0.25) is 0 Å². The molecule has 0 spiro atoms. The van der Waals surface area contributed by atoms with Crippen LogP contribution in [0.5, 0.6) is 5.75 Å². The van der Waals surface area contributed by atoms with Crippen molar-refractivity contribution in [2.75, 3.05) is 11.9 Å². The molecule has 5 heteroatoms. The maximum Gasteiger partial charge on any atom is 0.262 e. The van der Waals surface area contributed by atoms with Crippen molar-refractivity contribution in [3.63, 3.8) is 0 Å². The normalized spacial score (nSPS) is 14.1. The first kappa shape index (κ1) is 17.0. The first-order valence-electron chi connectivity index (χ1n) is 8.50. The van der Waals surface area contributed by atoms with Crippen LogP contribution < -0.4 is 10.1 Å². The minimum Gasteiger partial charge on any atom is -0.482 e. The summed E-state index contributed by atoms with van der Waals surface area (Å²) in [6.45, 7) is 4.67. The summed E-state index contributed by atoms with van der Waals surface area (Å²) in [5.74, 6) is 0.329. The van der Waals surface area contributed by atoms with E-state index < -0.39 is 0 Å². The predicted octanol–water partition coefficient (Wildman–Crippen LogP) is 3.46. The first-order valence-corrected chi connectivity index (χ1v) is 8.50. The molecule has 0 saturated heterocycles. The van der Waals surface area contributed by atoms with E-state index in [0.29, 0.717) is 23.5 Å². The Hall–Kier alpha value is -2.82. The molecule has 0 bridgehead atoms. The summed E-state index contributed by atoms with van der Waals surface area (Å²) in [5.41, 5.74) is 2.18. The minimum absolute atomic E-state index is 0.00724. The van der Waals surface area contributed by atoms with Gasteiger partial charge in [-0.25, -0.2) is 0 Å². The SMILES string of the molecule is CCC(C)N(Cc1ccccc1)C(=O)c1ccc2c(c1)NC(=O)CO2. The van der Waals surface area contributed by atoms with Crippen LogP contribution in [0.1, 0.15) is 36.2 Å². The number of rotatable bonds is 5. The molecule has 1 N–H and O–H groups in total. The zero-order chi connectivity index (χ0) is 17.8. The second-order valence-electron chi connectivity index (χ2n) is 6.22. The van der Waals surface area contributed by atoms with Gasteiger partial charge in [-0.2, -0.15) is 0 Å². The van der Waals surface area contributed by atoms with Gasteiger partial charge in [-0.15, -0.1) is 0 Å². The Bertz CT molecular complexity index is 774. The Balaban J connectivity index is 1.87. The minimum atomic E-state index is -0.208. The Morgan fingerprint density at radius 2 is 2.00 bits per heavy atom. The van der Waals surface area contributed by atoms with Gasteiger partial charge in [-0.3, -0.25) is 9.59 Å². The van der Waals surface area contributed by atoms with Gasteiger partial charge in [0, 0.05) is 18.2 Å². The molecule has 2 aromatic carbocycles. The summed E-state index contributed by atoms with van der Waals surface area (Å²) < 4.78 is 5.36. The van der Waals surface area contributed by atoms with Crippen LogP contribution in [0.25, 0.3) is 0 Å². The number of hydrogen-bond acceptors (Lipinski definition) is 3. The number of benzene rings is 2. The Morgan fingerprint density at radius 3 is 2.72 bits per heavy atom. The molecular weight excluding hydrogens is 316 g/mol. The molecule has 0 aliphatic carbocycles. The highest BCUT2D eigenvalue weighted by Crippen LogP contribution is 2.29. The molecule has 1 unspecified atom stereocenters. The van der Waals surface area contributed by atoms with E-state index in [1.807, 2.05) is 42.2 Å². The third-order valence-electron chi connectivity index (χ3n) is 4.44. The molecule has 1 atom stereocenters. The molecule has 3 rings (SSSR count). The maximum absolute atomic E-state index is 13.1. The van der Waals surface area contributed by atoms with E-state index in [1.54, 1.807) is 18.2 Å².